The summed E-state index contributed by atoms with van der Waals surface area (Å²) in [6, 6.07) is 9.50. The number of rotatable bonds is 8. The molecule has 1 saturated heterocycles. The summed E-state index contributed by atoms with van der Waals surface area (Å²) in [7, 11) is 1.60. The molecule has 1 aliphatic rings. The Hall–Kier alpha value is -1.80. The maximum absolute atomic E-state index is 12.2. The molecule has 3 rings (SSSR count). The van der Waals surface area contributed by atoms with E-state index in [9.17, 15) is 4.79 Å². The lowest BCUT2D eigenvalue weighted by Crippen LogP contribution is -2.44. The van der Waals surface area contributed by atoms with E-state index in [4.69, 9.17) is 14.2 Å². The fourth-order valence-electron chi connectivity index (χ4n) is 2.91. The molecule has 6 nitrogen and oxygen atoms in total. The topological polar surface area (TPSA) is 60.0 Å². The Morgan fingerprint density at radius 2 is 2.07 bits per heavy atom. The molecule has 0 bridgehead atoms. The van der Waals surface area contributed by atoms with E-state index in [1.807, 2.05) is 12.1 Å². The number of methoxy groups -OCH3 is 1. The average Bonchev–Trinajstić information content (AvgIpc) is 3.22. The van der Waals surface area contributed by atoms with Crippen molar-refractivity contribution < 1.29 is 19.0 Å². The SMILES string of the molecule is COc1cccc(OCC(=O)NCC(c2ccsc2)N2CCOCC2)c1.Cl. The van der Waals surface area contributed by atoms with Gasteiger partial charge < -0.3 is 19.5 Å². The van der Waals surface area contributed by atoms with Crippen molar-refractivity contribution in [2.24, 2.45) is 0 Å². The van der Waals surface area contributed by atoms with Crippen LogP contribution in [0.2, 0.25) is 0 Å². The Morgan fingerprint density at radius 3 is 2.78 bits per heavy atom. The Morgan fingerprint density at radius 1 is 1.30 bits per heavy atom. The molecular weight excluding hydrogens is 388 g/mol. The molecular formula is C19H25ClN2O4S. The van der Waals surface area contributed by atoms with Crippen molar-refractivity contribution in [1.82, 2.24) is 10.2 Å². The minimum Gasteiger partial charge on any atom is -0.497 e. The number of ether oxygens (including phenoxy) is 3. The van der Waals surface area contributed by atoms with Gasteiger partial charge in [0.1, 0.15) is 11.5 Å². The Bertz CT molecular complexity index is 693. The summed E-state index contributed by atoms with van der Waals surface area (Å²) in [4.78, 5) is 14.6. The highest BCUT2D eigenvalue weighted by molar-refractivity contribution is 7.07. The highest BCUT2D eigenvalue weighted by Crippen LogP contribution is 2.23. The van der Waals surface area contributed by atoms with Gasteiger partial charge in [0.2, 0.25) is 0 Å². The number of nitrogens with zero attached hydrogens (tertiary/aromatic N) is 1. The number of morpholine rings is 1. The zero-order valence-electron chi connectivity index (χ0n) is 15.3. The van der Waals surface area contributed by atoms with Crippen molar-refractivity contribution in [2.45, 2.75) is 6.04 Å². The van der Waals surface area contributed by atoms with Crippen molar-refractivity contribution in [3.8, 4) is 11.5 Å². The van der Waals surface area contributed by atoms with Crippen LogP contribution in [-0.4, -0.2) is 57.4 Å². The number of halogens is 1. The van der Waals surface area contributed by atoms with Crippen LogP contribution in [0.3, 0.4) is 0 Å². The average molecular weight is 413 g/mol. The maximum Gasteiger partial charge on any atom is 0.258 e. The largest absolute Gasteiger partial charge is 0.497 e. The monoisotopic (exact) mass is 412 g/mol. The summed E-state index contributed by atoms with van der Waals surface area (Å²) < 4.78 is 16.2. The summed E-state index contributed by atoms with van der Waals surface area (Å²) >= 11 is 1.67. The first-order valence-electron chi connectivity index (χ1n) is 8.63. The lowest BCUT2D eigenvalue weighted by molar-refractivity contribution is -0.123. The first kappa shape index (κ1) is 21.5. The van der Waals surface area contributed by atoms with E-state index in [1.165, 1.54) is 5.56 Å². The van der Waals surface area contributed by atoms with Gasteiger partial charge in [-0.15, -0.1) is 12.4 Å². The van der Waals surface area contributed by atoms with Crippen LogP contribution in [-0.2, 0) is 9.53 Å². The highest BCUT2D eigenvalue weighted by Gasteiger charge is 2.23. The third kappa shape index (κ3) is 6.39. The number of benzene rings is 1. The number of hydrogen-bond donors (Lipinski definition) is 1. The molecule has 148 valence electrons. The number of amides is 1. The number of hydrogen-bond acceptors (Lipinski definition) is 6. The molecule has 1 N–H and O–H groups in total. The summed E-state index contributed by atoms with van der Waals surface area (Å²) in [6.07, 6.45) is 0. The lowest BCUT2D eigenvalue weighted by atomic mass is 10.1. The minimum absolute atomic E-state index is 0. The van der Waals surface area contributed by atoms with Crippen molar-refractivity contribution in [2.75, 3.05) is 46.6 Å². The molecule has 0 aliphatic carbocycles. The van der Waals surface area contributed by atoms with Crippen molar-refractivity contribution >= 4 is 29.7 Å². The van der Waals surface area contributed by atoms with Gasteiger partial charge in [-0.1, -0.05) is 6.07 Å². The van der Waals surface area contributed by atoms with Gasteiger partial charge in [0.25, 0.3) is 5.91 Å². The fraction of sp³-hybridized carbons (Fsp3) is 0.421. The van der Waals surface area contributed by atoms with Gasteiger partial charge >= 0.3 is 0 Å². The second-order valence-electron chi connectivity index (χ2n) is 5.99. The third-order valence-corrected chi connectivity index (χ3v) is 5.02. The van der Waals surface area contributed by atoms with Crippen LogP contribution in [0, 0.1) is 0 Å². The molecule has 1 aliphatic heterocycles. The van der Waals surface area contributed by atoms with Gasteiger partial charge in [0.15, 0.2) is 6.61 Å². The van der Waals surface area contributed by atoms with E-state index in [2.05, 4.69) is 27.0 Å². The maximum atomic E-state index is 12.2. The molecule has 2 heterocycles. The van der Waals surface area contributed by atoms with Gasteiger partial charge in [-0.3, -0.25) is 9.69 Å². The smallest absolute Gasteiger partial charge is 0.258 e. The predicted molar refractivity (Wildman–Crippen MR) is 108 cm³/mol. The van der Waals surface area contributed by atoms with Crippen LogP contribution in [0.25, 0.3) is 0 Å². The predicted octanol–water partition coefficient (Wildman–Crippen LogP) is 2.75. The first-order valence-corrected chi connectivity index (χ1v) is 9.58. The molecule has 0 spiro atoms. The minimum atomic E-state index is -0.138. The molecule has 1 fully saturated rings. The molecule has 1 unspecified atom stereocenters. The van der Waals surface area contributed by atoms with E-state index < -0.39 is 0 Å². The van der Waals surface area contributed by atoms with Crippen LogP contribution in [0.1, 0.15) is 11.6 Å². The highest BCUT2D eigenvalue weighted by atomic mass is 35.5. The summed E-state index contributed by atoms with van der Waals surface area (Å²) in [5.74, 6) is 1.18. The Kier molecular flexibility index (Phi) is 8.87. The van der Waals surface area contributed by atoms with E-state index in [-0.39, 0.29) is 31.0 Å². The van der Waals surface area contributed by atoms with Gasteiger partial charge in [-0.05, 0) is 34.5 Å². The molecule has 0 radical (unpaired) electrons. The van der Waals surface area contributed by atoms with Crippen molar-refractivity contribution in [3.05, 3.63) is 46.7 Å². The van der Waals surface area contributed by atoms with Gasteiger partial charge in [-0.25, -0.2) is 0 Å². The first-order chi connectivity index (χ1) is 12.8. The molecule has 1 aromatic carbocycles. The van der Waals surface area contributed by atoms with Gasteiger partial charge in [0.05, 0.1) is 26.4 Å². The molecule has 1 atom stereocenters. The van der Waals surface area contributed by atoms with E-state index in [0.717, 1.165) is 26.3 Å². The van der Waals surface area contributed by atoms with Gasteiger partial charge in [0, 0.05) is 25.7 Å². The molecule has 1 amide bonds. The van der Waals surface area contributed by atoms with Crippen molar-refractivity contribution in [1.29, 1.82) is 0 Å². The summed E-state index contributed by atoms with van der Waals surface area (Å²) in [5, 5.41) is 7.20. The number of thiophene rings is 1. The molecule has 0 saturated carbocycles. The lowest BCUT2D eigenvalue weighted by Gasteiger charge is -2.34. The Labute approximate surface area is 169 Å². The second-order valence-corrected chi connectivity index (χ2v) is 6.77. The van der Waals surface area contributed by atoms with E-state index >= 15 is 0 Å². The molecule has 27 heavy (non-hydrogen) atoms. The number of carbonyl (C=O) groups excluding carboxylic acids is 1. The normalized spacial score (nSPS) is 15.4. The molecule has 1 aromatic heterocycles. The standard InChI is InChI=1S/C19H24N2O4S.ClH/c1-23-16-3-2-4-17(11-16)25-13-19(22)20-12-18(15-5-10-26-14-15)21-6-8-24-9-7-21;/h2-5,10-11,14,18H,6-9,12-13H2,1H3,(H,20,22);1H. The van der Waals surface area contributed by atoms with Crippen LogP contribution >= 0.6 is 23.7 Å². The zero-order valence-corrected chi connectivity index (χ0v) is 16.9. The molecule has 8 heteroatoms. The second kappa shape index (κ2) is 11.1. The van der Waals surface area contributed by atoms with E-state index in [0.29, 0.717) is 18.0 Å². The number of carbonyl (C=O) groups is 1. The van der Waals surface area contributed by atoms with Crippen LogP contribution in [0.15, 0.2) is 41.1 Å². The van der Waals surface area contributed by atoms with E-state index in [1.54, 1.807) is 30.6 Å². The zero-order chi connectivity index (χ0) is 18.2. The van der Waals surface area contributed by atoms with Gasteiger partial charge in [-0.2, -0.15) is 11.3 Å². The quantitative estimate of drug-likeness (QED) is 0.722. The van der Waals surface area contributed by atoms with Crippen LogP contribution < -0.4 is 14.8 Å². The summed E-state index contributed by atoms with van der Waals surface area (Å²) in [5.41, 5.74) is 1.23. The van der Waals surface area contributed by atoms with Crippen LogP contribution in [0.5, 0.6) is 11.5 Å². The summed E-state index contributed by atoms with van der Waals surface area (Å²) in [6.45, 7) is 3.73. The van der Waals surface area contributed by atoms with Crippen LogP contribution in [0.4, 0.5) is 0 Å². The van der Waals surface area contributed by atoms with Crippen molar-refractivity contribution in [3.63, 3.8) is 0 Å². The Balaban J connectivity index is 0.00000261. The molecule has 2 aromatic rings. The third-order valence-electron chi connectivity index (χ3n) is 4.32. The number of nitrogens with one attached hydrogen (secondary N) is 1. The fourth-order valence-corrected chi connectivity index (χ4v) is 3.62.